The highest BCUT2D eigenvalue weighted by Crippen LogP contribution is 2.26. The van der Waals surface area contributed by atoms with Gasteiger partial charge in [0.25, 0.3) is 0 Å². The summed E-state index contributed by atoms with van der Waals surface area (Å²) in [5.74, 6) is 0. The smallest absolute Gasteiger partial charge is 0.423 e. The summed E-state index contributed by atoms with van der Waals surface area (Å²) in [7, 11) is -1.43. The third-order valence-electron chi connectivity index (χ3n) is 2.18. The van der Waals surface area contributed by atoms with Gasteiger partial charge < -0.3 is 15.8 Å². The summed E-state index contributed by atoms with van der Waals surface area (Å²) >= 11 is 0. The van der Waals surface area contributed by atoms with Crippen molar-refractivity contribution in [2.75, 3.05) is 5.73 Å². The molecule has 1 rings (SSSR count). The molecule has 0 saturated carbocycles. The van der Waals surface area contributed by atoms with Gasteiger partial charge in [0, 0.05) is 5.69 Å². The Kier molecular flexibility index (Phi) is 2.88. The average molecular weight is 193 g/mol. The molecule has 0 aliphatic heterocycles. The fraction of sp³-hybridized carbons (Fsp3) is 0.400. The highest BCUT2D eigenvalue weighted by atomic mass is 16.4. The molecule has 3 nitrogen and oxygen atoms in total. The summed E-state index contributed by atoms with van der Waals surface area (Å²) in [5, 5.41) is 18.0. The molecule has 0 spiro atoms. The van der Waals surface area contributed by atoms with E-state index in [0.29, 0.717) is 11.2 Å². The molecule has 0 bridgehead atoms. The summed E-state index contributed by atoms with van der Waals surface area (Å²) < 4.78 is 0. The topological polar surface area (TPSA) is 66.5 Å². The summed E-state index contributed by atoms with van der Waals surface area (Å²) in [4.78, 5) is 0. The maximum atomic E-state index is 9.02. The van der Waals surface area contributed by atoms with Gasteiger partial charge in [0.05, 0.1) is 0 Å². The van der Waals surface area contributed by atoms with Crippen LogP contribution in [0.15, 0.2) is 18.2 Å². The van der Waals surface area contributed by atoms with Gasteiger partial charge in [-0.1, -0.05) is 32.9 Å². The lowest BCUT2D eigenvalue weighted by molar-refractivity contribution is 0.425. The number of rotatable bonds is 1. The molecule has 0 aromatic heterocycles. The predicted octanol–water partition coefficient (Wildman–Crippen LogP) is 0.246. The van der Waals surface area contributed by atoms with Gasteiger partial charge in [-0.2, -0.15) is 0 Å². The van der Waals surface area contributed by atoms with Crippen LogP contribution in [0.5, 0.6) is 0 Å². The van der Waals surface area contributed by atoms with Crippen LogP contribution in [0.3, 0.4) is 0 Å². The molecule has 0 aliphatic rings. The highest BCUT2D eigenvalue weighted by molar-refractivity contribution is 6.58. The minimum absolute atomic E-state index is 0.0883. The number of anilines is 1. The molecule has 1 aromatic carbocycles. The normalized spacial score (nSPS) is 11.5. The van der Waals surface area contributed by atoms with Gasteiger partial charge in [-0.3, -0.25) is 0 Å². The van der Waals surface area contributed by atoms with Crippen molar-refractivity contribution in [2.24, 2.45) is 0 Å². The fourth-order valence-corrected chi connectivity index (χ4v) is 1.38. The standard InChI is InChI=1S/C10H16BNO2/c1-10(2,3)8-6-7(11(13)14)4-5-9(8)12/h4-6,13-14H,12H2,1-3H3. The maximum Gasteiger partial charge on any atom is 0.488 e. The fourth-order valence-electron chi connectivity index (χ4n) is 1.38. The average Bonchev–Trinajstić information content (AvgIpc) is 2.02. The molecule has 4 N–H and O–H groups in total. The molecular weight excluding hydrogens is 177 g/mol. The second-order valence-corrected chi connectivity index (χ2v) is 4.47. The van der Waals surface area contributed by atoms with E-state index >= 15 is 0 Å². The van der Waals surface area contributed by atoms with E-state index in [-0.39, 0.29) is 5.41 Å². The first-order chi connectivity index (χ1) is 6.32. The number of nitrogens with two attached hydrogens (primary N) is 1. The van der Waals surface area contributed by atoms with E-state index in [2.05, 4.69) is 0 Å². The Hall–Kier alpha value is -0.995. The van der Waals surface area contributed by atoms with Crippen molar-refractivity contribution in [1.82, 2.24) is 0 Å². The van der Waals surface area contributed by atoms with Gasteiger partial charge in [-0.25, -0.2) is 0 Å². The van der Waals surface area contributed by atoms with Gasteiger partial charge in [-0.05, 0) is 22.5 Å². The van der Waals surface area contributed by atoms with E-state index in [1.54, 1.807) is 18.2 Å². The molecule has 14 heavy (non-hydrogen) atoms. The minimum atomic E-state index is -1.43. The van der Waals surface area contributed by atoms with Gasteiger partial charge in [0.15, 0.2) is 0 Å². The van der Waals surface area contributed by atoms with Crippen LogP contribution < -0.4 is 11.2 Å². The second-order valence-electron chi connectivity index (χ2n) is 4.47. The van der Waals surface area contributed by atoms with Gasteiger partial charge in [-0.15, -0.1) is 0 Å². The molecule has 0 radical (unpaired) electrons. The Morgan fingerprint density at radius 2 is 1.79 bits per heavy atom. The zero-order valence-corrected chi connectivity index (χ0v) is 8.78. The number of hydrogen-bond acceptors (Lipinski definition) is 3. The molecule has 0 atom stereocenters. The number of nitrogen functional groups attached to an aromatic ring is 1. The van der Waals surface area contributed by atoms with Crippen molar-refractivity contribution < 1.29 is 10.0 Å². The Balaban J connectivity index is 3.22. The van der Waals surface area contributed by atoms with Crippen molar-refractivity contribution >= 4 is 18.3 Å². The van der Waals surface area contributed by atoms with E-state index in [0.717, 1.165) is 5.56 Å². The lowest BCUT2D eigenvalue weighted by Gasteiger charge is -2.22. The Morgan fingerprint density at radius 3 is 2.21 bits per heavy atom. The first-order valence-corrected chi connectivity index (χ1v) is 4.58. The van der Waals surface area contributed by atoms with Crippen LogP contribution in [-0.4, -0.2) is 17.2 Å². The minimum Gasteiger partial charge on any atom is -0.423 e. The monoisotopic (exact) mass is 193 g/mol. The van der Waals surface area contributed by atoms with Gasteiger partial charge in [0.1, 0.15) is 0 Å². The third-order valence-corrected chi connectivity index (χ3v) is 2.18. The molecule has 0 aliphatic carbocycles. The highest BCUT2D eigenvalue weighted by Gasteiger charge is 2.20. The molecule has 4 heteroatoms. The van der Waals surface area contributed by atoms with Crippen LogP contribution in [0.1, 0.15) is 26.3 Å². The Bertz CT molecular complexity index is 331. The third kappa shape index (κ3) is 2.27. The van der Waals surface area contributed by atoms with Gasteiger partial charge in [0.2, 0.25) is 0 Å². The van der Waals surface area contributed by atoms with Crippen LogP contribution >= 0.6 is 0 Å². The summed E-state index contributed by atoms with van der Waals surface area (Å²) in [6, 6.07) is 5.06. The lowest BCUT2D eigenvalue weighted by atomic mass is 9.75. The van der Waals surface area contributed by atoms with Crippen molar-refractivity contribution in [3.8, 4) is 0 Å². The van der Waals surface area contributed by atoms with E-state index in [1.165, 1.54) is 0 Å². The van der Waals surface area contributed by atoms with E-state index in [4.69, 9.17) is 15.8 Å². The quantitative estimate of drug-likeness (QED) is 0.442. The lowest BCUT2D eigenvalue weighted by Crippen LogP contribution is -2.31. The summed E-state index contributed by atoms with van der Waals surface area (Å²) in [6.07, 6.45) is 0. The second kappa shape index (κ2) is 3.63. The molecule has 1 aromatic rings. The Labute approximate surface area is 84.7 Å². The van der Waals surface area contributed by atoms with Crippen LogP contribution in [-0.2, 0) is 5.41 Å². The van der Waals surface area contributed by atoms with Crippen LogP contribution in [0.2, 0.25) is 0 Å². The van der Waals surface area contributed by atoms with Gasteiger partial charge >= 0.3 is 7.12 Å². The SMILES string of the molecule is CC(C)(C)c1cc(B(O)O)ccc1N. The zero-order valence-electron chi connectivity index (χ0n) is 8.78. The largest absolute Gasteiger partial charge is 0.488 e. The molecule has 0 amide bonds. The molecule has 0 fully saturated rings. The van der Waals surface area contributed by atoms with Crippen molar-refractivity contribution in [3.63, 3.8) is 0 Å². The van der Waals surface area contributed by atoms with Crippen LogP contribution in [0.25, 0.3) is 0 Å². The maximum absolute atomic E-state index is 9.02. The Morgan fingerprint density at radius 1 is 1.21 bits per heavy atom. The summed E-state index contributed by atoms with van der Waals surface area (Å²) in [5.41, 5.74) is 7.82. The molecule has 0 heterocycles. The van der Waals surface area contributed by atoms with Crippen LogP contribution in [0, 0.1) is 0 Å². The molecule has 0 saturated heterocycles. The van der Waals surface area contributed by atoms with E-state index < -0.39 is 7.12 Å². The predicted molar refractivity (Wildman–Crippen MR) is 59.4 cm³/mol. The van der Waals surface area contributed by atoms with Crippen molar-refractivity contribution in [2.45, 2.75) is 26.2 Å². The van der Waals surface area contributed by atoms with Crippen LogP contribution in [0.4, 0.5) is 5.69 Å². The molecule has 76 valence electrons. The van der Waals surface area contributed by atoms with E-state index in [9.17, 15) is 0 Å². The number of benzene rings is 1. The first kappa shape index (κ1) is 11.1. The van der Waals surface area contributed by atoms with Crippen molar-refractivity contribution in [3.05, 3.63) is 23.8 Å². The number of hydrogen-bond donors (Lipinski definition) is 3. The van der Waals surface area contributed by atoms with Crippen molar-refractivity contribution in [1.29, 1.82) is 0 Å². The molecule has 0 unspecified atom stereocenters. The van der Waals surface area contributed by atoms with E-state index in [1.807, 2.05) is 20.8 Å². The molecular formula is C10H16BNO2. The first-order valence-electron chi connectivity index (χ1n) is 4.58. The zero-order chi connectivity index (χ0) is 10.9. The summed E-state index contributed by atoms with van der Waals surface area (Å²) in [6.45, 7) is 6.10.